The van der Waals surface area contributed by atoms with Gasteiger partial charge in [-0.2, -0.15) is 0 Å². The van der Waals surface area contributed by atoms with Gasteiger partial charge in [-0.15, -0.1) is 0 Å². The predicted molar refractivity (Wildman–Crippen MR) is 210 cm³/mol. The van der Waals surface area contributed by atoms with Crippen molar-refractivity contribution in [3.63, 3.8) is 0 Å². The highest BCUT2D eigenvalue weighted by Crippen LogP contribution is 2.15. The molecule has 50 heavy (non-hydrogen) atoms. The Labute approximate surface area is 310 Å². The number of rotatable bonds is 39. The molecule has 0 amide bonds. The van der Waals surface area contributed by atoms with Crippen molar-refractivity contribution in [3.05, 3.63) is 0 Å². The summed E-state index contributed by atoms with van der Waals surface area (Å²) in [5.41, 5.74) is 0. The van der Waals surface area contributed by atoms with Crippen LogP contribution in [0.1, 0.15) is 240 Å². The molecule has 6 nitrogen and oxygen atoms in total. The first-order valence-corrected chi connectivity index (χ1v) is 21.9. The Morgan fingerprint density at radius 1 is 0.380 bits per heavy atom. The second-order valence-electron chi connectivity index (χ2n) is 15.5. The molecule has 0 fully saturated rings. The van der Waals surface area contributed by atoms with Crippen molar-refractivity contribution in [2.24, 2.45) is 5.92 Å². The minimum absolute atomic E-state index is 0.0648. The van der Waals surface area contributed by atoms with E-state index in [1.54, 1.807) is 0 Å². The summed E-state index contributed by atoms with van der Waals surface area (Å²) >= 11 is 0. The molecule has 6 heteroatoms. The third-order valence-corrected chi connectivity index (χ3v) is 9.79. The van der Waals surface area contributed by atoms with Crippen molar-refractivity contribution in [1.29, 1.82) is 0 Å². The summed E-state index contributed by atoms with van der Waals surface area (Å²) in [6.45, 7) is 8.91. The maximum absolute atomic E-state index is 12.7. The van der Waals surface area contributed by atoms with Gasteiger partial charge in [0.05, 0.1) is 0 Å². The third-order valence-electron chi connectivity index (χ3n) is 9.79. The second kappa shape index (κ2) is 38.6. The lowest BCUT2D eigenvalue weighted by Crippen LogP contribution is -2.30. The zero-order chi connectivity index (χ0) is 36.8. The molecule has 0 radical (unpaired) electrons. The molecule has 0 aliphatic rings. The maximum Gasteiger partial charge on any atom is 0.306 e. The van der Waals surface area contributed by atoms with Gasteiger partial charge in [-0.05, 0) is 25.2 Å². The molecule has 0 rings (SSSR count). The van der Waals surface area contributed by atoms with Gasteiger partial charge in [0, 0.05) is 19.3 Å². The predicted octanol–water partition coefficient (Wildman–Crippen LogP) is 13.6. The zero-order valence-electron chi connectivity index (χ0n) is 33.9. The van der Waals surface area contributed by atoms with E-state index in [-0.39, 0.29) is 31.1 Å². The van der Waals surface area contributed by atoms with Crippen LogP contribution in [0.3, 0.4) is 0 Å². The largest absolute Gasteiger partial charge is 0.462 e. The summed E-state index contributed by atoms with van der Waals surface area (Å²) in [6, 6.07) is 0. The van der Waals surface area contributed by atoms with Crippen LogP contribution in [0, 0.1) is 5.92 Å². The highest BCUT2D eigenvalue weighted by molar-refractivity contribution is 5.71. The molecule has 296 valence electrons. The van der Waals surface area contributed by atoms with Crippen LogP contribution in [0.5, 0.6) is 0 Å². The first-order chi connectivity index (χ1) is 24.4. The van der Waals surface area contributed by atoms with Gasteiger partial charge in [0.25, 0.3) is 0 Å². The average Bonchev–Trinajstić information content (AvgIpc) is 3.09. The lowest BCUT2D eigenvalue weighted by atomic mass is 10.0. The Balaban J connectivity index is 4.33. The van der Waals surface area contributed by atoms with Crippen molar-refractivity contribution in [3.8, 4) is 0 Å². The Morgan fingerprint density at radius 3 is 0.980 bits per heavy atom. The standard InChI is InChI=1S/C44H84O6/c1-5-7-9-11-13-15-17-19-21-23-29-33-37-44(47)50-41(39-49-43(46)36-32-28-25-24-26-30-34-40(3)4)38-48-42(45)35-31-27-22-20-18-16-14-12-10-8-6-2/h40-41H,5-39H2,1-4H3/t41-/m1/s1. The molecule has 0 aromatic heterocycles. The van der Waals surface area contributed by atoms with E-state index in [0.29, 0.717) is 19.3 Å². The number of hydrogen-bond donors (Lipinski definition) is 0. The lowest BCUT2D eigenvalue weighted by Gasteiger charge is -2.18. The van der Waals surface area contributed by atoms with Crippen LogP contribution in [-0.2, 0) is 28.6 Å². The van der Waals surface area contributed by atoms with Gasteiger partial charge in [-0.25, -0.2) is 0 Å². The highest BCUT2D eigenvalue weighted by Gasteiger charge is 2.19. The topological polar surface area (TPSA) is 78.9 Å². The fourth-order valence-corrected chi connectivity index (χ4v) is 6.45. The fourth-order valence-electron chi connectivity index (χ4n) is 6.45. The van der Waals surface area contributed by atoms with Crippen LogP contribution in [0.4, 0.5) is 0 Å². The van der Waals surface area contributed by atoms with Gasteiger partial charge in [-0.3, -0.25) is 14.4 Å². The van der Waals surface area contributed by atoms with Crippen LogP contribution >= 0.6 is 0 Å². The molecule has 0 saturated carbocycles. The SMILES string of the molecule is CCCCCCCCCCCCCCC(=O)O[C@H](COC(=O)CCCCCCCCCCCCC)COC(=O)CCCCCCCCC(C)C. The minimum atomic E-state index is -0.758. The number of ether oxygens (including phenoxy) is 3. The van der Waals surface area contributed by atoms with E-state index in [1.165, 1.54) is 135 Å². The first kappa shape index (κ1) is 48.4. The van der Waals surface area contributed by atoms with Crippen LogP contribution in [0.25, 0.3) is 0 Å². The summed E-state index contributed by atoms with van der Waals surface area (Å²) in [6.07, 6.45) is 36.6. The van der Waals surface area contributed by atoms with E-state index in [0.717, 1.165) is 63.7 Å². The summed E-state index contributed by atoms with van der Waals surface area (Å²) in [5, 5.41) is 0. The van der Waals surface area contributed by atoms with Crippen molar-refractivity contribution in [2.45, 2.75) is 246 Å². The lowest BCUT2D eigenvalue weighted by molar-refractivity contribution is -0.167. The van der Waals surface area contributed by atoms with E-state index >= 15 is 0 Å². The van der Waals surface area contributed by atoms with E-state index in [2.05, 4.69) is 27.7 Å². The molecule has 0 unspecified atom stereocenters. The number of esters is 3. The summed E-state index contributed by atoms with van der Waals surface area (Å²) in [4.78, 5) is 37.6. The van der Waals surface area contributed by atoms with E-state index in [4.69, 9.17) is 14.2 Å². The molecule has 0 saturated heterocycles. The number of carbonyl (C=O) groups is 3. The molecule has 0 N–H and O–H groups in total. The van der Waals surface area contributed by atoms with E-state index in [1.807, 2.05) is 0 Å². The fraction of sp³-hybridized carbons (Fsp3) is 0.932. The third kappa shape index (κ3) is 37.7. The molecule has 0 aliphatic heterocycles. The Kier molecular flexibility index (Phi) is 37.4. The zero-order valence-corrected chi connectivity index (χ0v) is 33.9. The van der Waals surface area contributed by atoms with Gasteiger partial charge in [0.15, 0.2) is 6.10 Å². The molecular weight excluding hydrogens is 624 g/mol. The molecule has 0 aromatic carbocycles. The first-order valence-electron chi connectivity index (χ1n) is 21.9. The normalized spacial score (nSPS) is 11.9. The van der Waals surface area contributed by atoms with Crippen LogP contribution in [-0.4, -0.2) is 37.2 Å². The van der Waals surface area contributed by atoms with Crippen molar-refractivity contribution in [1.82, 2.24) is 0 Å². The number of carbonyl (C=O) groups excluding carboxylic acids is 3. The summed E-state index contributed by atoms with van der Waals surface area (Å²) < 4.78 is 16.7. The average molecular weight is 709 g/mol. The van der Waals surface area contributed by atoms with Gasteiger partial charge >= 0.3 is 17.9 Å². The quantitative estimate of drug-likeness (QED) is 0.0359. The van der Waals surface area contributed by atoms with Crippen LogP contribution < -0.4 is 0 Å². The van der Waals surface area contributed by atoms with Crippen molar-refractivity contribution >= 4 is 17.9 Å². The molecule has 0 bridgehead atoms. The van der Waals surface area contributed by atoms with Gasteiger partial charge < -0.3 is 14.2 Å². The Bertz CT molecular complexity index is 751. The van der Waals surface area contributed by atoms with Crippen molar-refractivity contribution < 1.29 is 28.6 Å². The minimum Gasteiger partial charge on any atom is -0.462 e. The molecule has 1 atom stereocenters. The van der Waals surface area contributed by atoms with Crippen LogP contribution in [0.2, 0.25) is 0 Å². The van der Waals surface area contributed by atoms with Crippen LogP contribution in [0.15, 0.2) is 0 Å². The summed E-state index contributed by atoms with van der Waals surface area (Å²) in [5.74, 6) is -0.0982. The molecule has 0 aliphatic carbocycles. The van der Waals surface area contributed by atoms with Gasteiger partial charge in [0.1, 0.15) is 13.2 Å². The smallest absolute Gasteiger partial charge is 0.306 e. The molecule has 0 spiro atoms. The number of unbranched alkanes of at least 4 members (excludes halogenated alkanes) is 26. The molecule has 0 aromatic rings. The van der Waals surface area contributed by atoms with E-state index in [9.17, 15) is 14.4 Å². The van der Waals surface area contributed by atoms with Gasteiger partial charge in [-0.1, -0.05) is 201 Å². The highest BCUT2D eigenvalue weighted by atomic mass is 16.6. The van der Waals surface area contributed by atoms with Gasteiger partial charge in [0.2, 0.25) is 0 Å². The maximum atomic E-state index is 12.7. The Hall–Kier alpha value is -1.59. The monoisotopic (exact) mass is 709 g/mol. The Morgan fingerprint density at radius 2 is 0.660 bits per heavy atom. The molecule has 0 heterocycles. The second-order valence-corrected chi connectivity index (χ2v) is 15.5. The van der Waals surface area contributed by atoms with Crippen molar-refractivity contribution in [2.75, 3.05) is 13.2 Å². The van der Waals surface area contributed by atoms with E-state index < -0.39 is 6.10 Å². The number of hydrogen-bond acceptors (Lipinski definition) is 6. The summed E-state index contributed by atoms with van der Waals surface area (Å²) in [7, 11) is 0. The molecular formula is C44H84O6.